The molecule has 0 aliphatic rings. The van der Waals surface area contributed by atoms with E-state index >= 15 is 0 Å². The Kier molecular flexibility index (Phi) is 5.12. The molecule has 0 spiro atoms. The summed E-state index contributed by atoms with van der Waals surface area (Å²) < 4.78 is 0. The lowest BCUT2D eigenvalue weighted by atomic mass is 9.81. The van der Waals surface area contributed by atoms with Crippen LogP contribution in [0.2, 0.25) is 0 Å². The van der Waals surface area contributed by atoms with Gasteiger partial charge in [0.1, 0.15) is 6.04 Å². The van der Waals surface area contributed by atoms with E-state index in [0.717, 1.165) is 6.42 Å². The summed E-state index contributed by atoms with van der Waals surface area (Å²) >= 11 is 0. The van der Waals surface area contributed by atoms with Crippen LogP contribution in [-0.4, -0.2) is 6.04 Å². The van der Waals surface area contributed by atoms with Gasteiger partial charge in [-0.1, -0.05) is 50.3 Å². The highest BCUT2D eigenvalue weighted by molar-refractivity contribution is 5.19. The standard InChI is InChI=1S/C16H22N2/c1-5-11-16(3,4)15(12-17)18-13(2)14-9-7-6-8-10-14/h5-10,13,15,18H,1,11H2,2-4H3/t13-,15+/m1/s1. The van der Waals surface area contributed by atoms with Crippen molar-refractivity contribution >= 4 is 0 Å². The van der Waals surface area contributed by atoms with E-state index in [2.05, 4.69) is 50.9 Å². The third kappa shape index (κ3) is 3.72. The largest absolute Gasteiger partial charge is 0.295 e. The van der Waals surface area contributed by atoms with Crippen LogP contribution >= 0.6 is 0 Å². The van der Waals surface area contributed by atoms with Crippen molar-refractivity contribution in [2.75, 3.05) is 0 Å². The molecule has 0 saturated carbocycles. The topological polar surface area (TPSA) is 35.8 Å². The molecule has 0 heterocycles. The summed E-state index contributed by atoms with van der Waals surface area (Å²) in [6, 6.07) is 12.5. The molecule has 0 aliphatic heterocycles. The maximum atomic E-state index is 9.34. The molecule has 0 fully saturated rings. The van der Waals surface area contributed by atoms with Crippen molar-refractivity contribution in [2.24, 2.45) is 5.41 Å². The van der Waals surface area contributed by atoms with E-state index in [9.17, 15) is 5.26 Å². The summed E-state index contributed by atoms with van der Waals surface area (Å²) in [5.41, 5.74) is 1.09. The van der Waals surface area contributed by atoms with E-state index in [1.165, 1.54) is 5.56 Å². The highest BCUT2D eigenvalue weighted by Crippen LogP contribution is 2.27. The minimum absolute atomic E-state index is 0.112. The van der Waals surface area contributed by atoms with E-state index in [0.29, 0.717) is 0 Å². The first kappa shape index (κ1) is 14.5. The van der Waals surface area contributed by atoms with Gasteiger partial charge < -0.3 is 0 Å². The Morgan fingerprint density at radius 1 is 1.39 bits per heavy atom. The maximum absolute atomic E-state index is 9.34. The molecule has 1 aromatic carbocycles. The van der Waals surface area contributed by atoms with Crippen molar-refractivity contribution in [3.05, 3.63) is 48.6 Å². The number of hydrogen-bond donors (Lipinski definition) is 1. The summed E-state index contributed by atoms with van der Waals surface area (Å²) in [4.78, 5) is 0. The first-order chi connectivity index (χ1) is 8.51. The minimum atomic E-state index is -0.189. The smallest absolute Gasteiger partial charge is 0.101 e. The van der Waals surface area contributed by atoms with Gasteiger partial charge in [-0.15, -0.1) is 6.58 Å². The SMILES string of the molecule is C=CCC(C)(C)[C@H](C#N)N[C@H](C)c1ccccc1. The molecule has 0 amide bonds. The molecule has 1 N–H and O–H groups in total. The number of benzene rings is 1. The zero-order valence-corrected chi connectivity index (χ0v) is 11.5. The summed E-state index contributed by atoms with van der Waals surface area (Å²) in [7, 11) is 0. The van der Waals surface area contributed by atoms with Gasteiger partial charge in [-0.2, -0.15) is 5.26 Å². The molecule has 0 saturated heterocycles. The van der Waals surface area contributed by atoms with Gasteiger partial charge in [0.25, 0.3) is 0 Å². The Balaban J connectivity index is 2.76. The van der Waals surface area contributed by atoms with Crippen LogP contribution in [0.15, 0.2) is 43.0 Å². The number of rotatable bonds is 6. The number of hydrogen-bond acceptors (Lipinski definition) is 2. The monoisotopic (exact) mass is 242 g/mol. The summed E-state index contributed by atoms with van der Waals surface area (Å²) in [6.07, 6.45) is 2.69. The quantitative estimate of drug-likeness (QED) is 0.769. The van der Waals surface area contributed by atoms with E-state index < -0.39 is 0 Å². The fraction of sp³-hybridized carbons (Fsp3) is 0.438. The lowest BCUT2D eigenvalue weighted by Crippen LogP contribution is -2.41. The molecule has 1 rings (SSSR count). The zero-order valence-electron chi connectivity index (χ0n) is 11.5. The van der Waals surface area contributed by atoms with Crippen LogP contribution < -0.4 is 5.32 Å². The van der Waals surface area contributed by atoms with Crippen molar-refractivity contribution < 1.29 is 0 Å². The van der Waals surface area contributed by atoms with Crippen LogP contribution in [0.1, 0.15) is 38.8 Å². The lowest BCUT2D eigenvalue weighted by molar-refractivity contribution is 0.274. The Labute approximate surface area is 110 Å². The van der Waals surface area contributed by atoms with Crippen molar-refractivity contribution in [1.29, 1.82) is 5.26 Å². The van der Waals surface area contributed by atoms with Gasteiger partial charge in [-0.05, 0) is 24.3 Å². The Morgan fingerprint density at radius 2 is 2.00 bits per heavy atom. The van der Waals surface area contributed by atoms with Crippen LogP contribution in [0.4, 0.5) is 0 Å². The first-order valence-corrected chi connectivity index (χ1v) is 6.33. The number of nitrogens with zero attached hydrogens (tertiary/aromatic N) is 1. The van der Waals surface area contributed by atoms with Gasteiger partial charge >= 0.3 is 0 Å². The zero-order chi connectivity index (χ0) is 13.6. The van der Waals surface area contributed by atoms with Crippen LogP contribution in [0.5, 0.6) is 0 Å². The van der Waals surface area contributed by atoms with Crippen molar-refractivity contribution in [3.8, 4) is 6.07 Å². The molecule has 96 valence electrons. The van der Waals surface area contributed by atoms with Gasteiger partial charge in [0, 0.05) is 6.04 Å². The average Bonchev–Trinajstić information content (AvgIpc) is 2.36. The molecule has 0 aromatic heterocycles. The molecule has 18 heavy (non-hydrogen) atoms. The average molecular weight is 242 g/mol. The molecular formula is C16H22N2. The fourth-order valence-corrected chi connectivity index (χ4v) is 2.02. The van der Waals surface area contributed by atoms with Gasteiger partial charge in [-0.3, -0.25) is 5.32 Å². The Hall–Kier alpha value is -1.59. The van der Waals surface area contributed by atoms with E-state index in [4.69, 9.17) is 0 Å². The van der Waals surface area contributed by atoms with Crippen molar-refractivity contribution in [1.82, 2.24) is 5.32 Å². The van der Waals surface area contributed by atoms with Gasteiger partial charge in [0.15, 0.2) is 0 Å². The van der Waals surface area contributed by atoms with Crippen LogP contribution in [0, 0.1) is 16.7 Å². The summed E-state index contributed by atoms with van der Waals surface area (Å²) in [5, 5.41) is 12.7. The second-order valence-corrected chi connectivity index (χ2v) is 5.34. The second-order valence-electron chi connectivity index (χ2n) is 5.34. The number of allylic oxidation sites excluding steroid dienone is 1. The summed E-state index contributed by atoms with van der Waals surface area (Å²) in [6.45, 7) is 10.0. The molecular weight excluding hydrogens is 220 g/mol. The maximum Gasteiger partial charge on any atom is 0.101 e. The third-order valence-corrected chi connectivity index (χ3v) is 3.30. The first-order valence-electron chi connectivity index (χ1n) is 6.33. The predicted molar refractivity (Wildman–Crippen MR) is 76.0 cm³/mol. The van der Waals surface area contributed by atoms with Gasteiger partial charge in [0.05, 0.1) is 6.07 Å². The molecule has 0 bridgehead atoms. The Bertz CT molecular complexity index is 414. The molecule has 2 heteroatoms. The van der Waals surface area contributed by atoms with Crippen LogP contribution in [-0.2, 0) is 0 Å². The van der Waals surface area contributed by atoms with Gasteiger partial charge in [-0.25, -0.2) is 0 Å². The molecule has 0 unspecified atom stereocenters. The lowest BCUT2D eigenvalue weighted by Gasteiger charge is -2.31. The van der Waals surface area contributed by atoms with Crippen molar-refractivity contribution in [3.63, 3.8) is 0 Å². The third-order valence-electron chi connectivity index (χ3n) is 3.30. The number of nitriles is 1. The summed E-state index contributed by atoms with van der Waals surface area (Å²) in [5.74, 6) is 0. The highest BCUT2D eigenvalue weighted by atomic mass is 15.0. The van der Waals surface area contributed by atoms with Gasteiger partial charge in [0.2, 0.25) is 0 Å². The van der Waals surface area contributed by atoms with E-state index in [-0.39, 0.29) is 17.5 Å². The minimum Gasteiger partial charge on any atom is -0.295 e. The molecule has 0 radical (unpaired) electrons. The molecule has 2 nitrogen and oxygen atoms in total. The van der Waals surface area contributed by atoms with Crippen LogP contribution in [0.3, 0.4) is 0 Å². The normalized spacial score (nSPS) is 14.6. The van der Waals surface area contributed by atoms with E-state index in [1.807, 2.05) is 24.3 Å². The fourth-order valence-electron chi connectivity index (χ4n) is 2.02. The highest BCUT2D eigenvalue weighted by Gasteiger charge is 2.29. The Morgan fingerprint density at radius 3 is 2.50 bits per heavy atom. The molecule has 0 aliphatic carbocycles. The molecule has 2 atom stereocenters. The van der Waals surface area contributed by atoms with Crippen LogP contribution in [0.25, 0.3) is 0 Å². The van der Waals surface area contributed by atoms with Crippen molar-refractivity contribution in [2.45, 2.75) is 39.3 Å². The predicted octanol–water partition coefficient (Wildman–Crippen LogP) is 3.83. The number of nitrogens with one attached hydrogen (secondary N) is 1. The van der Waals surface area contributed by atoms with E-state index in [1.54, 1.807) is 0 Å². The second kappa shape index (κ2) is 6.37. The molecule has 1 aromatic rings.